The van der Waals surface area contributed by atoms with E-state index in [1.54, 1.807) is 13.3 Å². The topological polar surface area (TPSA) is 67.8 Å². The summed E-state index contributed by atoms with van der Waals surface area (Å²) in [7, 11) is 1.63. The van der Waals surface area contributed by atoms with Gasteiger partial charge in [0, 0.05) is 24.1 Å². The Morgan fingerprint density at radius 1 is 1.52 bits per heavy atom. The van der Waals surface area contributed by atoms with Crippen molar-refractivity contribution in [2.24, 2.45) is 5.10 Å². The molecule has 1 aromatic heterocycles. The zero-order valence-electron chi connectivity index (χ0n) is 13.8. The molecule has 0 spiro atoms. The van der Waals surface area contributed by atoms with E-state index in [1.807, 2.05) is 24.3 Å². The average Bonchev–Trinajstić information content (AvgIpc) is 3.13. The number of benzene rings is 1. The number of fused-ring (bicyclic) bond motifs is 1. The maximum absolute atomic E-state index is 6.21. The molecule has 1 fully saturated rings. The molecule has 0 unspecified atom stereocenters. The number of aromatic nitrogens is 1. The highest BCUT2D eigenvalue weighted by molar-refractivity contribution is 7.80. The predicted molar refractivity (Wildman–Crippen MR) is 104 cm³/mol. The van der Waals surface area contributed by atoms with Gasteiger partial charge in [0.05, 0.1) is 24.9 Å². The number of hydrazone groups is 1. The van der Waals surface area contributed by atoms with Crippen molar-refractivity contribution in [2.45, 2.75) is 18.9 Å². The van der Waals surface area contributed by atoms with Crippen molar-refractivity contribution in [1.29, 1.82) is 0 Å². The highest BCUT2D eigenvalue weighted by Crippen LogP contribution is 2.23. The minimum atomic E-state index is 0.220. The number of hydrogen-bond acceptors (Lipinski definition) is 5. The number of nitrogens with zero attached hydrogens (tertiary/aromatic N) is 2. The highest BCUT2D eigenvalue weighted by Gasteiger charge is 2.15. The van der Waals surface area contributed by atoms with Gasteiger partial charge in [-0.1, -0.05) is 11.6 Å². The minimum Gasteiger partial charge on any atom is -0.497 e. The third-order valence-electron chi connectivity index (χ3n) is 3.89. The number of pyridine rings is 1. The van der Waals surface area contributed by atoms with Gasteiger partial charge in [-0.15, -0.1) is 0 Å². The molecule has 6 nitrogen and oxygen atoms in total. The Labute approximate surface area is 156 Å². The summed E-state index contributed by atoms with van der Waals surface area (Å²) in [5.41, 5.74) is 4.26. The van der Waals surface area contributed by atoms with E-state index in [2.05, 4.69) is 20.8 Å². The van der Waals surface area contributed by atoms with Crippen LogP contribution in [0.15, 0.2) is 29.4 Å². The largest absolute Gasteiger partial charge is 0.497 e. The molecule has 8 heteroatoms. The number of rotatable bonds is 5. The van der Waals surface area contributed by atoms with Crippen LogP contribution < -0.4 is 15.5 Å². The molecule has 1 aliphatic rings. The highest BCUT2D eigenvalue weighted by atomic mass is 35.5. The van der Waals surface area contributed by atoms with Gasteiger partial charge in [0.2, 0.25) is 0 Å². The third-order valence-corrected chi connectivity index (χ3v) is 4.42. The quantitative estimate of drug-likeness (QED) is 0.361. The monoisotopic (exact) mass is 378 g/mol. The fraction of sp³-hybridized carbons (Fsp3) is 0.353. The van der Waals surface area contributed by atoms with E-state index in [9.17, 15) is 0 Å². The SMILES string of the molecule is COc1ccc2nc(Cl)c(/C=N\NC(=S)NC[C@H]3CCCO3)cc2c1. The van der Waals surface area contributed by atoms with E-state index in [0.29, 0.717) is 22.4 Å². The van der Waals surface area contributed by atoms with E-state index < -0.39 is 0 Å². The van der Waals surface area contributed by atoms with Gasteiger partial charge in [0.1, 0.15) is 10.9 Å². The van der Waals surface area contributed by atoms with Crippen molar-refractivity contribution >= 4 is 46.0 Å². The lowest BCUT2D eigenvalue weighted by molar-refractivity contribution is 0.114. The van der Waals surface area contributed by atoms with Crippen LogP contribution in [0, 0.1) is 0 Å². The van der Waals surface area contributed by atoms with E-state index in [4.69, 9.17) is 33.3 Å². The summed E-state index contributed by atoms with van der Waals surface area (Å²) >= 11 is 11.4. The fourth-order valence-electron chi connectivity index (χ4n) is 2.58. The van der Waals surface area contributed by atoms with E-state index >= 15 is 0 Å². The molecule has 0 saturated carbocycles. The average molecular weight is 379 g/mol. The first-order valence-corrected chi connectivity index (χ1v) is 8.77. The van der Waals surface area contributed by atoms with Crippen molar-refractivity contribution in [3.05, 3.63) is 35.0 Å². The predicted octanol–water partition coefficient (Wildman–Crippen LogP) is 2.87. The summed E-state index contributed by atoms with van der Waals surface area (Å²) in [6.07, 6.45) is 3.97. The molecule has 132 valence electrons. The Kier molecular flexibility index (Phi) is 6.01. The van der Waals surface area contributed by atoms with Gasteiger partial charge >= 0.3 is 0 Å². The second kappa shape index (κ2) is 8.42. The molecule has 0 amide bonds. The van der Waals surface area contributed by atoms with Gasteiger partial charge in [-0.3, -0.25) is 5.43 Å². The van der Waals surface area contributed by atoms with E-state index in [-0.39, 0.29) is 6.10 Å². The number of thiocarbonyl (C=S) groups is 1. The second-order valence-corrected chi connectivity index (χ2v) is 6.41. The van der Waals surface area contributed by atoms with Crippen molar-refractivity contribution in [3.8, 4) is 5.75 Å². The van der Waals surface area contributed by atoms with Crippen molar-refractivity contribution in [2.75, 3.05) is 20.3 Å². The van der Waals surface area contributed by atoms with Crippen molar-refractivity contribution in [1.82, 2.24) is 15.7 Å². The Morgan fingerprint density at radius 2 is 2.40 bits per heavy atom. The van der Waals surface area contributed by atoms with Gasteiger partial charge in [-0.2, -0.15) is 5.10 Å². The molecule has 2 heterocycles. The Morgan fingerprint density at radius 3 is 3.16 bits per heavy atom. The molecule has 1 saturated heterocycles. The fourth-order valence-corrected chi connectivity index (χ4v) is 2.91. The van der Waals surface area contributed by atoms with Crippen LogP contribution >= 0.6 is 23.8 Å². The second-order valence-electron chi connectivity index (χ2n) is 5.64. The van der Waals surface area contributed by atoms with Crippen LogP contribution in [0.4, 0.5) is 0 Å². The van der Waals surface area contributed by atoms with E-state index in [0.717, 1.165) is 36.1 Å². The number of methoxy groups -OCH3 is 1. The molecule has 0 aliphatic carbocycles. The summed E-state index contributed by atoms with van der Waals surface area (Å²) < 4.78 is 10.8. The summed E-state index contributed by atoms with van der Waals surface area (Å²) in [6, 6.07) is 7.51. The maximum atomic E-state index is 6.21. The molecule has 2 aromatic rings. The first-order chi connectivity index (χ1) is 12.2. The van der Waals surface area contributed by atoms with Crippen LogP contribution in [0.2, 0.25) is 5.15 Å². The van der Waals surface area contributed by atoms with Crippen LogP contribution in [-0.2, 0) is 4.74 Å². The summed E-state index contributed by atoms with van der Waals surface area (Å²) in [4.78, 5) is 4.36. The smallest absolute Gasteiger partial charge is 0.187 e. The number of nitrogens with one attached hydrogen (secondary N) is 2. The Hall–Kier alpha value is -1.96. The Balaban J connectivity index is 1.61. The minimum absolute atomic E-state index is 0.220. The van der Waals surface area contributed by atoms with Crippen LogP contribution in [0.1, 0.15) is 18.4 Å². The Bertz CT molecular complexity index is 794. The van der Waals surface area contributed by atoms with Crippen LogP contribution in [0.25, 0.3) is 10.9 Å². The molecule has 1 aliphatic heterocycles. The molecule has 1 aromatic carbocycles. The lowest BCUT2D eigenvalue weighted by atomic mass is 10.1. The van der Waals surface area contributed by atoms with Gasteiger partial charge in [-0.25, -0.2) is 4.98 Å². The summed E-state index contributed by atoms with van der Waals surface area (Å²) in [5, 5.41) is 8.95. The van der Waals surface area contributed by atoms with Gasteiger partial charge in [0.25, 0.3) is 0 Å². The van der Waals surface area contributed by atoms with Crippen molar-refractivity contribution in [3.63, 3.8) is 0 Å². The number of halogens is 1. The number of ether oxygens (including phenoxy) is 2. The molecular formula is C17H19ClN4O2S. The maximum Gasteiger partial charge on any atom is 0.187 e. The normalized spacial score (nSPS) is 17.1. The standard InChI is InChI=1S/C17H19ClN4O2S/c1-23-13-4-5-15-11(8-13)7-12(16(18)21-15)9-20-22-17(25)19-10-14-3-2-6-24-14/h4-5,7-9,14H,2-3,6,10H2,1H3,(H2,19,22,25)/b20-9-/t14-/m1/s1. The first kappa shape index (κ1) is 17.8. The lowest BCUT2D eigenvalue weighted by Gasteiger charge is -2.11. The van der Waals surface area contributed by atoms with Gasteiger partial charge < -0.3 is 14.8 Å². The van der Waals surface area contributed by atoms with Gasteiger partial charge in [0.15, 0.2) is 5.11 Å². The molecule has 2 N–H and O–H groups in total. The van der Waals surface area contributed by atoms with Crippen LogP contribution in [-0.4, -0.2) is 42.7 Å². The van der Waals surface area contributed by atoms with E-state index in [1.165, 1.54) is 0 Å². The summed E-state index contributed by atoms with van der Waals surface area (Å²) in [6.45, 7) is 1.50. The summed E-state index contributed by atoms with van der Waals surface area (Å²) in [5.74, 6) is 0.761. The zero-order chi connectivity index (χ0) is 17.6. The molecule has 25 heavy (non-hydrogen) atoms. The van der Waals surface area contributed by atoms with Gasteiger partial charge in [-0.05, 0) is 49.3 Å². The third kappa shape index (κ3) is 4.78. The molecule has 0 radical (unpaired) electrons. The number of hydrogen-bond donors (Lipinski definition) is 2. The first-order valence-electron chi connectivity index (χ1n) is 7.98. The molecule has 1 atom stereocenters. The molecule has 3 rings (SSSR count). The molecular weight excluding hydrogens is 360 g/mol. The zero-order valence-corrected chi connectivity index (χ0v) is 15.4. The van der Waals surface area contributed by atoms with Crippen LogP contribution in [0.5, 0.6) is 5.75 Å². The molecule has 0 bridgehead atoms. The lowest BCUT2D eigenvalue weighted by Crippen LogP contribution is -2.37. The van der Waals surface area contributed by atoms with Crippen molar-refractivity contribution < 1.29 is 9.47 Å². The van der Waals surface area contributed by atoms with Crippen LogP contribution in [0.3, 0.4) is 0 Å².